The van der Waals surface area contributed by atoms with Crippen LogP contribution in [-0.2, 0) is 0 Å². The van der Waals surface area contributed by atoms with E-state index in [4.69, 9.17) is 0 Å². The Bertz CT molecular complexity index is 312. The predicted octanol–water partition coefficient (Wildman–Crippen LogP) is 6.55. The fourth-order valence-corrected chi connectivity index (χ4v) is 14.2. The minimum Gasteiger partial charge on any atom is -0.0689 e. The molecule has 2 unspecified atom stereocenters. The Morgan fingerprint density at radius 2 is 0.571 bits per heavy atom. The topological polar surface area (TPSA) is 0 Å². The van der Waals surface area contributed by atoms with Crippen molar-refractivity contribution >= 4 is 8.07 Å². The number of rotatable bonds is 2. The highest BCUT2D eigenvalue weighted by atomic mass is 28.3. The van der Waals surface area contributed by atoms with Gasteiger partial charge in [0.2, 0.25) is 0 Å². The number of hydrogen-bond donors (Lipinski definition) is 0. The molecule has 0 spiro atoms. The molecule has 0 aromatic heterocycles. The predicted molar refractivity (Wildman–Crippen MR) is 98.3 cm³/mol. The van der Waals surface area contributed by atoms with Crippen LogP contribution in [-0.4, -0.2) is 8.07 Å². The van der Waals surface area contributed by atoms with Gasteiger partial charge in [0.05, 0.1) is 8.07 Å². The summed E-state index contributed by atoms with van der Waals surface area (Å²) in [5, 5.41) is 0. The van der Waals surface area contributed by atoms with Crippen molar-refractivity contribution in [2.24, 2.45) is 47.3 Å². The largest absolute Gasteiger partial charge is 0.0689 e. The standard InChI is InChI=1S/C20H40Si/c1-11-12(2)16(6)19(15(11)5)21(9,10)20-17(7)13(3)14(4)18(20)8/h11-20H,1-10H3/t11-,12-,13+,14?,15-,16-,17+,18+,20?/m0/s1. The molecule has 0 aromatic rings. The third kappa shape index (κ3) is 2.46. The molecule has 21 heavy (non-hydrogen) atoms. The second-order valence-electron chi connectivity index (χ2n) is 9.75. The van der Waals surface area contributed by atoms with Crippen molar-refractivity contribution in [3.63, 3.8) is 0 Å². The summed E-state index contributed by atoms with van der Waals surface area (Å²) >= 11 is 0. The van der Waals surface area contributed by atoms with Gasteiger partial charge in [-0.25, -0.2) is 0 Å². The zero-order valence-corrected chi connectivity index (χ0v) is 17.3. The van der Waals surface area contributed by atoms with Gasteiger partial charge in [-0.15, -0.1) is 0 Å². The second kappa shape index (κ2) is 5.69. The van der Waals surface area contributed by atoms with Gasteiger partial charge in [-0.2, -0.15) is 0 Å². The lowest BCUT2D eigenvalue weighted by Crippen LogP contribution is -2.45. The summed E-state index contributed by atoms with van der Waals surface area (Å²) in [6.07, 6.45) is 0. The normalized spacial score (nSPS) is 55.1. The lowest BCUT2D eigenvalue weighted by molar-refractivity contribution is 0.352. The lowest BCUT2D eigenvalue weighted by atomic mass is 9.92. The minimum absolute atomic E-state index is 0.915. The molecule has 2 aliphatic carbocycles. The molecule has 0 bridgehead atoms. The highest BCUT2D eigenvalue weighted by Gasteiger charge is 2.57. The van der Waals surface area contributed by atoms with Crippen LogP contribution in [0.2, 0.25) is 24.2 Å². The van der Waals surface area contributed by atoms with Gasteiger partial charge >= 0.3 is 0 Å². The molecule has 1 heteroatoms. The maximum absolute atomic E-state index is 2.75. The third-order valence-corrected chi connectivity index (χ3v) is 14.5. The van der Waals surface area contributed by atoms with Crippen LogP contribution < -0.4 is 0 Å². The Morgan fingerprint density at radius 1 is 0.381 bits per heavy atom. The first-order chi connectivity index (χ1) is 9.53. The first-order valence-corrected chi connectivity index (χ1v) is 12.7. The van der Waals surface area contributed by atoms with Gasteiger partial charge in [-0.3, -0.25) is 0 Å². The van der Waals surface area contributed by atoms with Crippen molar-refractivity contribution < 1.29 is 0 Å². The van der Waals surface area contributed by atoms with E-state index < -0.39 is 8.07 Å². The van der Waals surface area contributed by atoms with Crippen molar-refractivity contribution in [3.05, 3.63) is 0 Å². The molecule has 2 aliphatic rings. The van der Waals surface area contributed by atoms with Crippen molar-refractivity contribution in [2.45, 2.75) is 79.6 Å². The molecule has 0 radical (unpaired) electrons. The van der Waals surface area contributed by atoms with E-state index in [1.807, 2.05) is 0 Å². The van der Waals surface area contributed by atoms with Crippen LogP contribution in [0.1, 0.15) is 55.4 Å². The third-order valence-electron chi connectivity index (χ3n) is 8.96. The smallest absolute Gasteiger partial charge is 0.0546 e. The first kappa shape index (κ1) is 17.6. The van der Waals surface area contributed by atoms with Crippen LogP contribution in [0.4, 0.5) is 0 Å². The fraction of sp³-hybridized carbons (Fsp3) is 1.00. The summed E-state index contributed by atoms with van der Waals surface area (Å²) < 4.78 is 0. The summed E-state index contributed by atoms with van der Waals surface area (Å²) in [5.74, 6) is 7.39. The molecular formula is C20H40Si. The molecule has 0 aromatic carbocycles. The average molecular weight is 309 g/mol. The van der Waals surface area contributed by atoms with Crippen LogP contribution >= 0.6 is 0 Å². The molecule has 2 rings (SSSR count). The Balaban J connectivity index is 2.34. The van der Waals surface area contributed by atoms with E-state index in [0.717, 1.165) is 58.4 Å². The molecule has 2 saturated carbocycles. The Morgan fingerprint density at radius 3 is 0.762 bits per heavy atom. The fourth-order valence-electron chi connectivity index (χ4n) is 7.11. The Kier molecular flexibility index (Phi) is 4.76. The van der Waals surface area contributed by atoms with E-state index in [2.05, 4.69) is 68.5 Å². The molecular weight excluding hydrogens is 268 g/mol. The molecule has 0 aliphatic heterocycles. The molecule has 0 nitrogen and oxygen atoms in total. The summed E-state index contributed by atoms with van der Waals surface area (Å²) in [6.45, 7) is 25.8. The number of hydrogen-bond acceptors (Lipinski definition) is 0. The SMILES string of the molecule is CC1[C@@H](C)C([Si](C)(C)C2[C@@H](C)[C@@H](C)[C@H](C)[C@@H]2C)[C@H](C)[C@@H]1C. The molecule has 9 atom stereocenters. The molecule has 0 heterocycles. The van der Waals surface area contributed by atoms with Gasteiger partial charge < -0.3 is 0 Å². The van der Waals surface area contributed by atoms with E-state index in [1.54, 1.807) is 0 Å². The molecule has 2 fully saturated rings. The average Bonchev–Trinajstić information content (AvgIpc) is 2.72. The van der Waals surface area contributed by atoms with Gasteiger partial charge in [-0.1, -0.05) is 68.5 Å². The second-order valence-corrected chi connectivity index (χ2v) is 14.7. The van der Waals surface area contributed by atoms with Crippen LogP contribution in [0.3, 0.4) is 0 Å². The van der Waals surface area contributed by atoms with Crippen molar-refractivity contribution in [1.82, 2.24) is 0 Å². The first-order valence-electron chi connectivity index (χ1n) is 9.53. The van der Waals surface area contributed by atoms with E-state index in [-0.39, 0.29) is 0 Å². The zero-order valence-electron chi connectivity index (χ0n) is 16.3. The lowest BCUT2D eigenvalue weighted by Gasteiger charge is -2.45. The Hall–Kier alpha value is 0.217. The van der Waals surface area contributed by atoms with Gasteiger partial charge in [0.1, 0.15) is 0 Å². The summed E-state index contributed by atoms with van der Waals surface area (Å²) in [4.78, 5) is 0. The maximum Gasteiger partial charge on any atom is 0.0546 e. The quantitative estimate of drug-likeness (QED) is 0.507. The van der Waals surface area contributed by atoms with Gasteiger partial charge in [0, 0.05) is 0 Å². The summed E-state index contributed by atoms with van der Waals surface area (Å²) in [7, 11) is -1.26. The van der Waals surface area contributed by atoms with E-state index in [1.165, 1.54) is 0 Å². The highest BCUT2D eigenvalue weighted by molar-refractivity contribution is 6.80. The Labute approximate surface area is 135 Å². The molecule has 0 N–H and O–H groups in total. The monoisotopic (exact) mass is 308 g/mol. The van der Waals surface area contributed by atoms with Gasteiger partial charge in [0.15, 0.2) is 0 Å². The van der Waals surface area contributed by atoms with E-state index in [0.29, 0.717) is 0 Å². The van der Waals surface area contributed by atoms with Crippen molar-refractivity contribution in [2.75, 3.05) is 0 Å². The van der Waals surface area contributed by atoms with Gasteiger partial charge in [0.25, 0.3) is 0 Å². The molecule has 124 valence electrons. The summed E-state index contributed by atoms with van der Waals surface area (Å²) in [6, 6.07) is 0. The van der Waals surface area contributed by atoms with Gasteiger partial charge in [-0.05, 0) is 58.4 Å². The van der Waals surface area contributed by atoms with Crippen LogP contribution in [0, 0.1) is 47.3 Å². The van der Waals surface area contributed by atoms with Crippen molar-refractivity contribution in [1.29, 1.82) is 0 Å². The van der Waals surface area contributed by atoms with Crippen LogP contribution in [0.25, 0.3) is 0 Å². The zero-order chi connectivity index (χ0) is 16.3. The summed E-state index contributed by atoms with van der Waals surface area (Å²) in [5.41, 5.74) is 2.05. The maximum atomic E-state index is 2.75. The van der Waals surface area contributed by atoms with Crippen LogP contribution in [0.5, 0.6) is 0 Å². The van der Waals surface area contributed by atoms with E-state index >= 15 is 0 Å². The van der Waals surface area contributed by atoms with E-state index in [9.17, 15) is 0 Å². The van der Waals surface area contributed by atoms with Crippen LogP contribution in [0.15, 0.2) is 0 Å². The molecule has 0 saturated heterocycles. The highest BCUT2D eigenvalue weighted by Crippen LogP contribution is 2.62. The van der Waals surface area contributed by atoms with Crippen molar-refractivity contribution in [3.8, 4) is 0 Å². The minimum atomic E-state index is -1.26. The molecule has 0 amide bonds.